The Labute approximate surface area is 119 Å². The number of anilines is 1. The van der Waals surface area contributed by atoms with Crippen LogP contribution in [0.15, 0.2) is 23.1 Å². The molecular weight excluding hydrogens is 280 g/mol. The van der Waals surface area contributed by atoms with Gasteiger partial charge < -0.3 is 10.1 Å². The van der Waals surface area contributed by atoms with Crippen LogP contribution in [-0.4, -0.2) is 27.5 Å². The van der Waals surface area contributed by atoms with Crippen molar-refractivity contribution in [2.24, 2.45) is 0 Å². The first kappa shape index (κ1) is 16.5. The number of sulfonamides is 1. The van der Waals surface area contributed by atoms with Crippen LogP contribution < -0.4 is 14.8 Å². The van der Waals surface area contributed by atoms with Gasteiger partial charge in [0.05, 0.1) is 17.2 Å². The summed E-state index contributed by atoms with van der Waals surface area (Å²) in [6, 6.07) is 4.39. The van der Waals surface area contributed by atoms with E-state index in [4.69, 9.17) is 4.74 Å². The molecule has 0 aliphatic rings. The Morgan fingerprint density at radius 1 is 1.25 bits per heavy atom. The standard InChI is InChI=1S/C13H20N2O4S/c1-4-13(16)15-11-9-10(20(17,18)14-5-2)7-8-12(11)19-6-3/h7-9,14H,4-6H2,1-3H3,(H,15,16). The molecule has 0 aliphatic carbocycles. The van der Waals surface area contributed by atoms with Crippen molar-refractivity contribution in [1.29, 1.82) is 0 Å². The zero-order valence-electron chi connectivity index (χ0n) is 11.9. The van der Waals surface area contributed by atoms with E-state index in [1.54, 1.807) is 19.9 Å². The lowest BCUT2D eigenvalue weighted by molar-refractivity contribution is -0.115. The van der Waals surface area contributed by atoms with Crippen LogP contribution in [0.5, 0.6) is 5.75 Å². The predicted molar refractivity (Wildman–Crippen MR) is 77.4 cm³/mol. The van der Waals surface area contributed by atoms with Gasteiger partial charge in [0, 0.05) is 13.0 Å². The predicted octanol–water partition coefficient (Wildman–Crippen LogP) is 1.73. The van der Waals surface area contributed by atoms with E-state index >= 15 is 0 Å². The Hall–Kier alpha value is -1.60. The third-order valence-corrected chi connectivity index (χ3v) is 4.03. The van der Waals surface area contributed by atoms with Crippen LogP contribution in [0.2, 0.25) is 0 Å². The van der Waals surface area contributed by atoms with Gasteiger partial charge in [-0.25, -0.2) is 13.1 Å². The summed E-state index contributed by atoms with van der Waals surface area (Å²) in [6.07, 6.45) is 0.301. The number of rotatable bonds is 7. The molecule has 7 heteroatoms. The highest BCUT2D eigenvalue weighted by molar-refractivity contribution is 7.89. The maximum atomic E-state index is 11.9. The summed E-state index contributed by atoms with van der Waals surface area (Å²) in [6.45, 7) is 5.95. The Kier molecular flexibility index (Phi) is 5.97. The Morgan fingerprint density at radius 2 is 1.95 bits per heavy atom. The second kappa shape index (κ2) is 7.25. The van der Waals surface area contributed by atoms with Crippen molar-refractivity contribution >= 4 is 21.6 Å². The number of nitrogens with one attached hydrogen (secondary N) is 2. The monoisotopic (exact) mass is 300 g/mol. The van der Waals surface area contributed by atoms with Crippen LogP contribution in [0.3, 0.4) is 0 Å². The van der Waals surface area contributed by atoms with Crippen molar-refractivity contribution in [3.05, 3.63) is 18.2 Å². The van der Waals surface area contributed by atoms with E-state index < -0.39 is 10.0 Å². The molecule has 0 aromatic heterocycles. The lowest BCUT2D eigenvalue weighted by Gasteiger charge is -2.13. The molecule has 20 heavy (non-hydrogen) atoms. The Balaban J connectivity index is 3.19. The molecule has 0 heterocycles. The minimum Gasteiger partial charge on any atom is -0.492 e. The van der Waals surface area contributed by atoms with Gasteiger partial charge in [0.2, 0.25) is 15.9 Å². The lowest BCUT2D eigenvalue weighted by Crippen LogP contribution is -2.23. The first-order valence-corrected chi connectivity index (χ1v) is 7.99. The minimum atomic E-state index is -3.56. The van der Waals surface area contributed by atoms with Crippen molar-refractivity contribution in [1.82, 2.24) is 4.72 Å². The average Bonchev–Trinajstić information content (AvgIpc) is 2.40. The van der Waals surface area contributed by atoms with Crippen LogP contribution in [0.1, 0.15) is 27.2 Å². The maximum absolute atomic E-state index is 11.9. The largest absolute Gasteiger partial charge is 0.492 e. The normalized spacial score (nSPS) is 11.2. The number of hydrogen-bond donors (Lipinski definition) is 2. The van der Waals surface area contributed by atoms with E-state index in [2.05, 4.69) is 10.0 Å². The summed E-state index contributed by atoms with van der Waals surface area (Å²) in [7, 11) is -3.56. The Morgan fingerprint density at radius 3 is 2.50 bits per heavy atom. The molecule has 6 nitrogen and oxygen atoms in total. The van der Waals surface area contributed by atoms with Gasteiger partial charge in [-0.1, -0.05) is 13.8 Å². The van der Waals surface area contributed by atoms with Crippen LogP contribution >= 0.6 is 0 Å². The van der Waals surface area contributed by atoms with Crippen molar-refractivity contribution in [3.8, 4) is 5.75 Å². The molecule has 1 amide bonds. The van der Waals surface area contributed by atoms with Gasteiger partial charge in [0.15, 0.2) is 0 Å². The van der Waals surface area contributed by atoms with Crippen LogP contribution in [0.25, 0.3) is 0 Å². The zero-order chi connectivity index (χ0) is 15.2. The van der Waals surface area contributed by atoms with Crippen molar-refractivity contribution in [2.45, 2.75) is 32.1 Å². The molecule has 0 atom stereocenters. The maximum Gasteiger partial charge on any atom is 0.240 e. The molecule has 0 saturated carbocycles. The van der Waals surface area contributed by atoms with E-state index in [0.29, 0.717) is 31.0 Å². The molecular formula is C13H20N2O4S. The van der Waals surface area contributed by atoms with E-state index in [1.807, 2.05) is 6.92 Å². The third kappa shape index (κ3) is 4.21. The van der Waals surface area contributed by atoms with Crippen LogP contribution in [0.4, 0.5) is 5.69 Å². The minimum absolute atomic E-state index is 0.0919. The number of carbonyl (C=O) groups excluding carboxylic acids is 1. The van der Waals surface area contributed by atoms with Gasteiger partial charge in [-0.15, -0.1) is 0 Å². The van der Waals surface area contributed by atoms with E-state index in [9.17, 15) is 13.2 Å². The summed E-state index contributed by atoms with van der Waals surface area (Å²) < 4.78 is 31.7. The SMILES string of the molecule is CCNS(=O)(=O)c1ccc(OCC)c(NC(=O)CC)c1. The van der Waals surface area contributed by atoms with Crippen molar-refractivity contribution in [3.63, 3.8) is 0 Å². The van der Waals surface area contributed by atoms with Gasteiger partial charge in [0.1, 0.15) is 5.75 Å². The van der Waals surface area contributed by atoms with Crippen LogP contribution in [-0.2, 0) is 14.8 Å². The van der Waals surface area contributed by atoms with Crippen molar-refractivity contribution < 1.29 is 17.9 Å². The molecule has 0 aliphatic heterocycles. The smallest absolute Gasteiger partial charge is 0.240 e. The van der Waals surface area contributed by atoms with Gasteiger partial charge in [-0.2, -0.15) is 0 Å². The molecule has 0 radical (unpaired) electrons. The first-order chi connectivity index (χ1) is 9.44. The topological polar surface area (TPSA) is 84.5 Å². The van der Waals surface area contributed by atoms with E-state index in [0.717, 1.165) is 0 Å². The molecule has 0 fully saturated rings. The molecule has 1 aromatic rings. The molecule has 1 aromatic carbocycles. The molecule has 2 N–H and O–H groups in total. The highest BCUT2D eigenvalue weighted by Crippen LogP contribution is 2.28. The third-order valence-electron chi connectivity index (χ3n) is 2.49. The molecule has 0 spiro atoms. The second-order valence-electron chi connectivity index (χ2n) is 3.99. The fourth-order valence-electron chi connectivity index (χ4n) is 1.57. The number of amides is 1. The molecule has 0 bridgehead atoms. The summed E-state index contributed by atoms with van der Waals surface area (Å²) in [5.41, 5.74) is 0.359. The van der Waals surface area contributed by atoms with Gasteiger partial charge in [0.25, 0.3) is 0 Å². The first-order valence-electron chi connectivity index (χ1n) is 6.50. The van der Waals surface area contributed by atoms with E-state index in [1.165, 1.54) is 12.1 Å². The molecule has 112 valence electrons. The zero-order valence-corrected chi connectivity index (χ0v) is 12.7. The quantitative estimate of drug-likeness (QED) is 0.803. The second-order valence-corrected chi connectivity index (χ2v) is 5.76. The van der Waals surface area contributed by atoms with E-state index in [-0.39, 0.29) is 10.8 Å². The summed E-state index contributed by atoms with van der Waals surface area (Å²) in [4.78, 5) is 11.6. The fourth-order valence-corrected chi connectivity index (χ4v) is 2.63. The summed E-state index contributed by atoms with van der Waals surface area (Å²) >= 11 is 0. The highest BCUT2D eigenvalue weighted by Gasteiger charge is 2.16. The fraction of sp³-hybridized carbons (Fsp3) is 0.462. The molecule has 0 unspecified atom stereocenters. The molecule has 1 rings (SSSR count). The summed E-state index contributed by atoms with van der Waals surface area (Å²) in [5.74, 6) is 0.244. The van der Waals surface area contributed by atoms with Gasteiger partial charge in [-0.3, -0.25) is 4.79 Å². The number of carbonyl (C=O) groups is 1. The van der Waals surface area contributed by atoms with Gasteiger partial charge in [-0.05, 0) is 25.1 Å². The molecule has 0 saturated heterocycles. The van der Waals surface area contributed by atoms with Gasteiger partial charge >= 0.3 is 0 Å². The highest BCUT2D eigenvalue weighted by atomic mass is 32.2. The van der Waals surface area contributed by atoms with Crippen LogP contribution in [0, 0.1) is 0 Å². The Bertz CT molecular complexity index is 570. The average molecular weight is 300 g/mol. The summed E-state index contributed by atoms with van der Waals surface area (Å²) in [5, 5.41) is 2.64. The number of hydrogen-bond acceptors (Lipinski definition) is 4. The number of benzene rings is 1. The van der Waals surface area contributed by atoms with Crippen molar-refractivity contribution in [2.75, 3.05) is 18.5 Å². The lowest BCUT2D eigenvalue weighted by atomic mass is 10.3. The number of ether oxygens (including phenoxy) is 1.